The number of alkyl halides is 2. The highest BCUT2D eigenvalue weighted by molar-refractivity contribution is 6.01. The number of halogens is 2. The van der Waals surface area contributed by atoms with Crippen LogP contribution < -0.4 is 15.8 Å². The van der Waals surface area contributed by atoms with Gasteiger partial charge in [-0.05, 0) is 56.0 Å². The number of nitrogens with two attached hydrogens (primary N) is 1. The van der Waals surface area contributed by atoms with E-state index in [2.05, 4.69) is 14.6 Å². The van der Waals surface area contributed by atoms with E-state index >= 15 is 0 Å². The first-order chi connectivity index (χ1) is 17.4. The third kappa shape index (κ3) is 4.71. The van der Waals surface area contributed by atoms with Crippen LogP contribution in [0, 0.1) is 0 Å². The van der Waals surface area contributed by atoms with Crippen molar-refractivity contribution in [3.05, 3.63) is 78.4 Å². The fourth-order valence-electron chi connectivity index (χ4n) is 4.62. The molecule has 1 aliphatic rings. The van der Waals surface area contributed by atoms with E-state index < -0.39 is 12.7 Å². The average molecular weight is 492 g/mol. The van der Waals surface area contributed by atoms with E-state index in [4.69, 9.17) is 10.5 Å². The molecule has 6 nitrogen and oxygen atoms in total. The maximum Gasteiger partial charge on any atom is 0.412 e. The van der Waals surface area contributed by atoms with Gasteiger partial charge in [-0.3, -0.25) is 5.32 Å². The lowest BCUT2D eigenvalue weighted by molar-refractivity contribution is -0.0497. The quantitative estimate of drug-likeness (QED) is 0.280. The van der Waals surface area contributed by atoms with Crippen molar-refractivity contribution >= 4 is 28.4 Å². The number of fused-ring (bicyclic) bond motifs is 1. The largest absolute Gasteiger partial charge is 0.441 e. The van der Waals surface area contributed by atoms with Gasteiger partial charge >= 0.3 is 12.7 Å². The zero-order chi connectivity index (χ0) is 25.2. The first-order valence-electron chi connectivity index (χ1n) is 11.9. The van der Waals surface area contributed by atoms with Crippen LogP contribution in [0.5, 0.6) is 5.75 Å². The van der Waals surface area contributed by atoms with Crippen LogP contribution in [0.15, 0.2) is 72.8 Å². The monoisotopic (exact) mass is 491 g/mol. The predicted octanol–water partition coefficient (Wildman–Crippen LogP) is 7.53. The molecule has 0 unspecified atom stereocenters. The Kier molecular flexibility index (Phi) is 6.50. The minimum Gasteiger partial charge on any atom is -0.441 e. The van der Waals surface area contributed by atoms with Gasteiger partial charge in [-0.25, -0.2) is 4.79 Å². The maximum atomic E-state index is 12.8. The van der Waals surface area contributed by atoms with Gasteiger partial charge < -0.3 is 19.8 Å². The molecule has 8 heteroatoms. The molecule has 3 aromatic carbocycles. The number of nitrogens with one attached hydrogen (secondary N) is 1. The Labute approximate surface area is 207 Å². The van der Waals surface area contributed by atoms with Gasteiger partial charge in [-0.2, -0.15) is 8.78 Å². The molecule has 3 N–H and O–H groups in total. The van der Waals surface area contributed by atoms with Gasteiger partial charge in [0.25, 0.3) is 0 Å². The number of carbonyl (C=O) groups excluding carboxylic acids is 1. The van der Waals surface area contributed by atoms with Crippen LogP contribution in [0.1, 0.15) is 43.9 Å². The van der Waals surface area contributed by atoms with Gasteiger partial charge in [0.1, 0.15) is 11.9 Å². The molecule has 1 amide bonds. The normalized spacial score (nSPS) is 14.4. The summed E-state index contributed by atoms with van der Waals surface area (Å²) in [7, 11) is 0. The lowest BCUT2D eigenvalue weighted by Crippen LogP contribution is -2.18. The van der Waals surface area contributed by atoms with Crippen LogP contribution in [0.4, 0.5) is 25.0 Å². The highest BCUT2D eigenvalue weighted by atomic mass is 19.3. The molecule has 1 fully saturated rings. The van der Waals surface area contributed by atoms with E-state index in [1.165, 1.54) is 6.07 Å². The molecule has 0 bridgehead atoms. The molecule has 186 valence electrons. The summed E-state index contributed by atoms with van der Waals surface area (Å²) in [5, 5.41) is 3.55. The van der Waals surface area contributed by atoms with Crippen molar-refractivity contribution in [2.24, 2.45) is 0 Å². The van der Waals surface area contributed by atoms with Crippen molar-refractivity contribution in [3.8, 4) is 17.0 Å². The lowest BCUT2D eigenvalue weighted by atomic mass is 9.92. The zero-order valence-corrected chi connectivity index (χ0v) is 19.8. The highest BCUT2D eigenvalue weighted by Gasteiger charge is 2.27. The molecule has 1 heterocycles. The number of nitrogen functional groups attached to an aromatic ring is 1. The van der Waals surface area contributed by atoms with Gasteiger partial charge in [0.05, 0.1) is 16.9 Å². The molecule has 0 aliphatic heterocycles. The van der Waals surface area contributed by atoms with Crippen molar-refractivity contribution in [2.75, 3.05) is 11.1 Å². The lowest BCUT2D eigenvalue weighted by Gasteiger charge is -2.30. The Morgan fingerprint density at radius 2 is 1.78 bits per heavy atom. The summed E-state index contributed by atoms with van der Waals surface area (Å²) in [4.78, 5) is 12.4. The van der Waals surface area contributed by atoms with Crippen molar-refractivity contribution in [1.82, 2.24) is 4.57 Å². The average Bonchev–Trinajstić information content (AvgIpc) is 3.10. The Morgan fingerprint density at radius 1 is 1.06 bits per heavy atom. The molecular formula is C28H27F2N3O3. The van der Waals surface area contributed by atoms with Crippen LogP contribution >= 0.6 is 0 Å². The summed E-state index contributed by atoms with van der Waals surface area (Å²) in [6, 6.07) is 21.9. The predicted molar refractivity (Wildman–Crippen MR) is 136 cm³/mol. The van der Waals surface area contributed by atoms with Gasteiger partial charge in [0, 0.05) is 28.7 Å². The Morgan fingerprint density at radius 3 is 2.42 bits per heavy atom. The van der Waals surface area contributed by atoms with E-state index in [1.54, 1.807) is 24.3 Å². The van der Waals surface area contributed by atoms with E-state index in [1.807, 2.05) is 49.4 Å². The first-order valence-corrected chi connectivity index (χ1v) is 11.9. The molecule has 0 spiro atoms. The second-order valence-electron chi connectivity index (χ2n) is 8.94. The molecule has 36 heavy (non-hydrogen) atoms. The van der Waals surface area contributed by atoms with Crippen LogP contribution in [-0.4, -0.2) is 17.3 Å². The maximum absolute atomic E-state index is 12.8. The number of benzene rings is 3. The molecule has 1 aliphatic carbocycles. The van der Waals surface area contributed by atoms with Crippen molar-refractivity contribution in [1.29, 1.82) is 0 Å². The van der Waals surface area contributed by atoms with Crippen LogP contribution in [-0.2, 0) is 4.74 Å². The Balaban J connectivity index is 1.40. The molecule has 4 aromatic rings. The van der Waals surface area contributed by atoms with Crippen molar-refractivity contribution in [3.63, 3.8) is 0 Å². The molecule has 5 rings (SSSR count). The summed E-state index contributed by atoms with van der Waals surface area (Å²) in [5.41, 5.74) is 11.1. The van der Waals surface area contributed by atoms with Gasteiger partial charge in [-0.1, -0.05) is 42.5 Å². The number of hydrogen-bond donors (Lipinski definition) is 2. The summed E-state index contributed by atoms with van der Waals surface area (Å²) in [6.45, 7) is -1.08. The van der Waals surface area contributed by atoms with Gasteiger partial charge in [0.15, 0.2) is 0 Å². The van der Waals surface area contributed by atoms with Crippen LogP contribution in [0.25, 0.3) is 22.2 Å². The number of amides is 1. The number of hydrogen-bond acceptors (Lipinski definition) is 4. The zero-order valence-electron chi connectivity index (χ0n) is 19.8. The number of anilines is 2. The Hall–Kier alpha value is -4.07. The van der Waals surface area contributed by atoms with E-state index in [9.17, 15) is 13.6 Å². The van der Waals surface area contributed by atoms with Crippen molar-refractivity contribution in [2.45, 2.75) is 44.9 Å². The third-order valence-electron chi connectivity index (χ3n) is 6.64. The fourth-order valence-corrected chi connectivity index (χ4v) is 4.62. The van der Waals surface area contributed by atoms with Crippen LogP contribution in [0.3, 0.4) is 0 Å². The van der Waals surface area contributed by atoms with E-state index in [0.717, 1.165) is 47.0 Å². The molecule has 1 saturated carbocycles. The standard InChI is InChI=1S/C28H27F2N3O3/c1-17(18-6-3-2-4-7-18)35-28(34)32-20-12-10-19(11-13-20)26-25(31)23-15-14-22(36-27(29)30)16-24(23)33(26)21-8-5-9-21/h2-4,6-7,10-17,21,27H,5,8-9,31H2,1H3,(H,32,34)/t17-/m1/s1. The topological polar surface area (TPSA) is 78.5 Å². The summed E-state index contributed by atoms with van der Waals surface area (Å²) < 4.78 is 37.8. The molecular weight excluding hydrogens is 464 g/mol. The molecule has 0 radical (unpaired) electrons. The second-order valence-corrected chi connectivity index (χ2v) is 8.94. The highest BCUT2D eigenvalue weighted by Crippen LogP contribution is 2.45. The molecule has 0 saturated heterocycles. The Bertz CT molecular complexity index is 1370. The van der Waals surface area contributed by atoms with Crippen LogP contribution in [0.2, 0.25) is 0 Å². The van der Waals surface area contributed by atoms with Gasteiger partial charge in [0.2, 0.25) is 0 Å². The summed E-state index contributed by atoms with van der Waals surface area (Å²) in [5.74, 6) is 0.102. The third-order valence-corrected chi connectivity index (χ3v) is 6.64. The smallest absolute Gasteiger partial charge is 0.412 e. The summed E-state index contributed by atoms with van der Waals surface area (Å²) in [6.07, 6.45) is 2.14. The number of aromatic nitrogens is 1. The molecule has 1 atom stereocenters. The minimum atomic E-state index is -2.89. The molecule has 1 aromatic heterocycles. The van der Waals surface area contributed by atoms with Crippen molar-refractivity contribution < 1.29 is 23.0 Å². The summed E-state index contributed by atoms with van der Waals surface area (Å²) >= 11 is 0. The number of rotatable bonds is 7. The SMILES string of the molecule is C[C@@H](OC(=O)Nc1ccc(-c2c(N)c3ccc(OC(F)F)cc3n2C2CCC2)cc1)c1ccccc1. The van der Waals surface area contributed by atoms with E-state index in [0.29, 0.717) is 11.4 Å². The second kappa shape index (κ2) is 9.89. The number of ether oxygens (including phenoxy) is 2. The van der Waals surface area contributed by atoms with E-state index in [-0.39, 0.29) is 17.9 Å². The first kappa shape index (κ1) is 23.7. The fraction of sp³-hybridized carbons (Fsp3) is 0.250. The minimum absolute atomic E-state index is 0.102. The number of carbonyl (C=O) groups is 1. The number of nitrogens with zero attached hydrogens (tertiary/aromatic N) is 1. The van der Waals surface area contributed by atoms with Gasteiger partial charge in [-0.15, -0.1) is 0 Å².